The molecule has 37 heavy (non-hydrogen) atoms. The minimum absolute atomic E-state index is 0.0147. The molecule has 8 nitrogen and oxygen atoms in total. The molecule has 2 aromatic rings. The quantitative estimate of drug-likeness (QED) is 0.449. The van der Waals surface area contributed by atoms with Gasteiger partial charge >= 0.3 is 5.97 Å². The van der Waals surface area contributed by atoms with E-state index < -0.39 is 11.7 Å². The van der Waals surface area contributed by atoms with Crippen molar-refractivity contribution >= 4 is 22.7 Å². The van der Waals surface area contributed by atoms with Gasteiger partial charge in [0.15, 0.2) is 5.69 Å². The molecule has 5 atom stereocenters. The van der Waals surface area contributed by atoms with E-state index >= 15 is 0 Å². The van der Waals surface area contributed by atoms with Gasteiger partial charge in [-0.25, -0.2) is 9.78 Å². The summed E-state index contributed by atoms with van der Waals surface area (Å²) in [6, 6.07) is 9.19. The van der Waals surface area contributed by atoms with Crippen molar-refractivity contribution in [2.75, 3.05) is 6.61 Å². The van der Waals surface area contributed by atoms with Gasteiger partial charge in [-0.15, -0.1) is 0 Å². The Kier molecular flexibility index (Phi) is 6.78. The Morgan fingerprint density at radius 2 is 1.65 bits per heavy atom. The lowest BCUT2D eigenvalue weighted by Crippen LogP contribution is -2.52. The zero-order valence-electron chi connectivity index (χ0n) is 21.7. The van der Waals surface area contributed by atoms with Crippen LogP contribution in [-0.4, -0.2) is 56.0 Å². The Bertz CT molecular complexity index is 1230. The average molecular weight is 507 g/mol. The maximum absolute atomic E-state index is 13.9. The van der Waals surface area contributed by atoms with Gasteiger partial charge in [0.1, 0.15) is 6.61 Å². The van der Waals surface area contributed by atoms with Crippen LogP contribution >= 0.6 is 0 Å². The number of hydrogen-bond acceptors (Lipinski definition) is 6. The van der Waals surface area contributed by atoms with Crippen molar-refractivity contribution in [2.45, 2.75) is 102 Å². The molecule has 1 aromatic carbocycles. The molecule has 1 N–H and O–H groups in total. The second-order valence-corrected chi connectivity index (χ2v) is 11.6. The molecular weight excluding hydrogens is 468 g/mol. The number of benzene rings is 1. The van der Waals surface area contributed by atoms with Crippen LogP contribution in [0.25, 0.3) is 11.0 Å². The summed E-state index contributed by atoms with van der Waals surface area (Å²) in [5, 5.41) is 13.6. The number of aliphatic carboxylic acids is 1. The van der Waals surface area contributed by atoms with Gasteiger partial charge < -0.3 is 14.5 Å². The van der Waals surface area contributed by atoms with Crippen LogP contribution in [0.15, 0.2) is 34.2 Å². The Morgan fingerprint density at radius 3 is 2.30 bits per heavy atom. The van der Waals surface area contributed by atoms with Gasteiger partial charge in [0.25, 0.3) is 5.56 Å². The third-order valence-electron chi connectivity index (χ3n) is 9.41. The molecule has 4 bridgehead atoms. The largest absolute Gasteiger partial charge is 0.476 e. The summed E-state index contributed by atoms with van der Waals surface area (Å²) >= 11 is 0. The number of para-hydroxylation sites is 2. The predicted molar refractivity (Wildman–Crippen MR) is 142 cm³/mol. The average Bonchev–Trinajstić information content (AvgIpc) is 3.04. The number of carboxylic acid groups (broad SMARTS) is 1. The molecule has 198 valence electrons. The molecule has 2 saturated carbocycles. The van der Waals surface area contributed by atoms with Gasteiger partial charge in [0.05, 0.1) is 11.0 Å². The van der Waals surface area contributed by atoms with Gasteiger partial charge in [0, 0.05) is 24.2 Å². The van der Waals surface area contributed by atoms with E-state index in [9.17, 15) is 14.7 Å². The second-order valence-electron chi connectivity index (χ2n) is 11.6. The molecule has 8 heteroatoms. The van der Waals surface area contributed by atoms with E-state index in [0.717, 1.165) is 30.2 Å². The van der Waals surface area contributed by atoms with Crippen LogP contribution in [-0.2, 0) is 9.63 Å². The van der Waals surface area contributed by atoms with Crippen LogP contribution in [0.5, 0.6) is 0 Å². The summed E-state index contributed by atoms with van der Waals surface area (Å²) in [7, 11) is 0. The summed E-state index contributed by atoms with van der Waals surface area (Å²) in [5.74, 6) is 0.460. The summed E-state index contributed by atoms with van der Waals surface area (Å²) in [5.41, 5.74) is 0.399. The van der Waals surface area contributed by atoms with Crippen molar-refractivity contribution in [1.29, 1.82) is 0 Å². The standard InChI is InChI=1S/C29H38N4O4/c1-2-37-31-27(29(35)36)26-28(34)33(25-10-6-5-9-24(25)30-26)23-16-20-11-12-21(17-23)32(20)22-14-18-7-3-4-8-19(13-18)15-22/h5-6,9-10,18-23H,2-4,7-8,11-17H2,1H3,(H,35,36)/b31-27-/t18?,19?,20-,21+,22?,23?. The fourth-order valence-corrected chi connectivity index (χ4v) is 8.09. The number of fused-ring (bicyclic) bond motifs is 5. The van der Waals surface area contributed by atoms with Crippen molar-refractivity contribution in [1.82, 2.24) is 14.5 Å². The molecule has 0 radical (unpaired) electrons. The van der Waals surface area contributed by atoms with E-state index in [2.05, 4.69) is 15.0 Å². The molecule has 2 aliphatic carbocycles. The van der Waals surface area contributed by atoms with E-state index in [1.807, 2.05) is 28.8 Å². The van der Waals surface area contributed by atoms with Gasteiger partial charge in [-0.2, -0.15) is 0 Å². The third-order valence-corrected chi connectivity index (χ3v) is 9.41. The smallest absolute Gasteiger partial charge is 0.360 e. The maximum Gasteiger partial charge on any atom is 0.360 e. The fraction of sp³-hybridized carbons (Fsp3) is 0.655. The number of carboxylic acids is 1. The van der Waals surface area contributed by atoms with Crippen molar-refractivity contribution in [2.24, 2.45) is 17.0 Å². The monoisotopic (exact) mass is 506 g/mol. The first-order valence-electron chi connectivity index (χ1n) is 14.3. The van der Waals surface area contributed by atoms with Crippen LogP contribution in [0.2, 0.25) is 0 Å². The van der Waals surface area contributed by atoms with E-state index in [1.54, 1.807) is 6.92 Å². The maximum atomic E-state index is 13.9. The minimum atomic E-state index is -1.31. The second kappa shape index (κ2) is 10.2. The summed E-state index contributed by atoms with van der Waals surface area (Å²) < 4.78 is 1.82. The van der Waals surface area contributed by atoms with Gasteiger partial charge in [-0.3, -0.25) is 9.69 Å². The first-order chi connectivity index (χ1) is 18.0. The Labute approximate surface area is 217 Å². The zero-order chi connectivity index (χ0) is 25.5. The molecule has 4 fully saturated rings. The van der Waals surface area contributed by atoms with Gasteiger partial charge in [-0.1, -0.05) is 43.0 Å². The summed E-state index contributed by atoms with van der Waals surface area (Å²) in [6.45, 7) is 1.93. The van der Waals surface area contributed by atoms with Crippen LogP contribution in [0.1, 0.15) is 89.3 Å². The Balaban J connectivity index is 1.34. The topological polar surface area (TPSA) is 97.0 Å². The number of piperidine rings is 1. The van der Waals surface area contributed by atoms with E-state index in [-0.39, 0.29) is 23.9 Å². The van der Waals surface area contributed by atoms with Crippen molar-refractivity contribution in [3.8, 4) is 0 Å². The molecule has 4 aliphatic rings. The number of aromatic nitrogens is 2. The van der Waals surface area contributed by atoms with Crippen LogP contribution in [0, 0.1) is 11.8 Å². The highest BCUT2D eigenvalue weighted by Gasteiger charge is 2.47. The summed E-state index contributed by atoms with van der Waals surface area (Å²) in [6.07, 6.45) is 13.9. The first kappa shape index (κ1) is 24.6. The van der Waals surface area contributed by atoms with Crippen LogP contribution < -0.4 is 5.56 Å². The molecule has 2 saturated heterocycles. The molecule has 0 spiro atoms. The highest BCUT2D eigenvalue weighted by molar-refractivity contribution is 6.41. The van der Waals surface area contributed by atoms with Crippen molar-refractivity contribution in [3.63, 3.8) is 0 Å². The molecule has 0 amide bonds. The Hall–Kier alpha value is -2.74. The molecule has 3 unspecified atom stereocenters. The minimum Gasteiger partial charge on any atom is -0.476 e. The number of hydrogen-bond donors (Lipinski definition) is 1. The molecule has 1 aromatic heterocycles. The third kappa shape index (κ3) is 4.58. The fourth-order valence-electron chi connectivity index (χ4n) is 8.09. The summed E-state index contributed by atoms with van der Waals surface area (Å²) in [4.78, 5) is 38.2. The van der Waals surface area contributed by atoms with Crippen molar-refractivity contribution < 1.29 is 14.7 Å². The number of oxime groups is 1. The van der Waals surface area contributed by atoms with Crippen molar-refractivity contribution in [3.05, 3.63) is 40.3 Å². The molecule has 3 heterocycles. The van der Waals surface area contributed by atoms with E-state index in [1.165, 1.54) is 57.8 Å². The SMILES string of the molecule is CCO/N=C(\C(=O)O)c1nc2ccccc2n(C2C[C@H]3CC[C@@H](C2)N3C2CC3CCCCC(C3)C2)c1=O. The van der Waals surface area contributed by atoms with Gasteiger partial charge in [-0.05, 0) is 75.8 Å². The predicted octanol–water partition coefficient (Wildman–Crippen LogP) is 4.75. The van der Waals surface area contributed by atoms with E-state index in [4.69, 9.17) is 4.84 Å². The normalized spacial score (nSPS) is 32.3. The van der Waals surface area contributed by atoms with Crippen LogP contribution in [0.3, 0.4) is 0 Å². The first-order valence-corrected chi connectivity index (χ1v) is 14.3. The van der Waals surface area contributed by atoms with Gasteiger partial charge in [0.2, 0.25) is 5.71 Å². The highest BCUT2D eigenvalue weighted by Crippen LogP contribution is 2.47. The van der Waals surface area contributed by atoms with E-state index in [0.29, 0.717) is 23.6 Å². The number of carbonyl (C=O) groups is 1. The number of nitrogens with zero attached hydrogens (tertiary/aromatic N) is 4. The Morgan fingerprint density at radius 1 is 0.973 bits per heavy atom. The lowest BCUT2D eigenvalue weighted by molar-refractivity contribution is -0.129. The lowest BCUT2D eigenvalue weighted by Gasteiger charge is -2.48. The zero-order valence-corrected chi connectivity index (χ0v) is 21.7. The lowest BCUT2D eigenvalue weighted by atomic mass is 9.76. The number of rotatable bonds is 6. The molecule has 2 aliphatic heterocycles. The van der Waals surface area contributed by atoms with Crippen LogP contribution in [0.4, 0.5) is 0 Å². The molecule has 6 rings (SSSR count). The highest BCUT2D eigenvalue weighted by atomic mass is 16.6. The molecular formula is C29H38N4O4.